The first-order valence-corrected chi connectivity index (χ1v) is 22.1. The number of nitrogens with zero attached hydrogens (tertiary/aromatic N) is 1. The van der Waals surface area contributed by atoms with Gasteiger partial charge in [-0.25, -0.2) is 0 Å². The molecule has 0 saturated heterocycles. The van der Waals surface area contributed by atoms with Crippen molar-refractivity contribution in [3.8, 4) is 44.5 Å². The zero-order valence-electron chi connectivity index (χ0n) is 35.5. The molecule has 2 aromatic heterocycles. The molecular formula is C61H41NO2. The van der Waals surface area contributed by atoms with Gasteiger partial charge in [0, 0.05) is 61.2 Å². The van der Waals surface area contributed by atoms with Gasteiger partial charge in [0.25, 0.3) is 0 Å². The zero-order chi connectivity index (χ0) is 42.5. The van der Waals surface area contributed by atoms with Crippen LogP contribution in [0.15, 0.2) is 221 Å². The first-order chi connectivity index (χ1) is 31.5. The number of benzene rings is 10. The van der Waals surface area contributed by atoms with Crippen LogP contribution >= 0.6 is 0 Å². The summed E-state index contributed by atoms with van der Waals surface area (Å²) in [6.07, 6.45) is 0. The highest BCUT2D eigenvalue weighted by Gasteiger charge is 2.35. The van der Waals surface area contributed by atoms with Crippen LogP contribution in [0.25, 0.3) is 99.2 Å². The lowest BCUT2D eigenvalue weighted by Crippen LogP contribution is -2.14. The number of para-hydroxylation sites is 2. The van der Waals surface area contributed by atoms with Crippen molar-refractivity contribution < 1.29 is 8.83 Å². The molecule has 3 heteroatoms. The van der Waals surface area contributed by atoms with Gasteiger partial charge >= 0.3 is 0 Å². The Hall–Kier alpha value is -8.14. The second-order valence-corrected chi connectivity index (χ2v) is 17.6. The van der Waals surface area contributed by atoms with Crippen molar-refractivity contribution in [1.29, 1.82) is 0 Å². The van der Waals surface area contributed by atoms with Crippen molar-refractivity contribution >= 4 is 71.7 Å². The fourth-order valence-electron chi connectivity index (χ4n) is 10.5. The molecule has 0 fully saturated rings. The average molecular weight is 820 g/mol. The summed E-state index contributed by atoms with van der Waals surface area (Å²) >= 11 is 0. The number of hydrogen-bond donors (Lipinski definition) is 0. The Morgan fingerprint density at radius 1 is 0.344 bits per heavy atom. The third-order valence-corrected chi connectivity index (χ3v) is 13.7. The van der Waals surface area contributed by atoms with Gasteiger partial charge in [0.15, 0.2) is 0 Å². The number of hydrogen-bond acceptors (Lipinski definition) is 3. The molecule has 1 aliphatic rings. The Morgan fingerprint density at radius 2 is 0.938 bits per heavy atom. The van der Waals surface area contributed by atoms with Gasteiger partial charge < -0.3 is 13.7 Å². The smallest absolute Gasteiger partial charge is 0.143 e. The maximum Gasteiger partial charge on any atom is 0.143 e. The Labute approximate surface area is 371 Å². The molecule has 0 saturated carbocycles. The molecule has 3 nitrogen and oxygen atoms in total. The third kappa shape index (κ3) is 5.54. The molecular weight excluding hydrogens is 779 g/mol. The van der Waals surface area contributed by atoms with Crippen LogP contribution in [0.4, 0.5) is 17.1 Å². The van der Waals surface area contributed by atoms with E-state index in [9.17, 15) is 0 Å². The molecule has 0 unspecified atom stereocenters. The van der Waals surface area contributed by atoms with Crippen molar-refractivity contribution in [1.82, 2.24) is 0 Å². The topological polar surface area (TPSA) is 29.5 Å². The van der Waals surface area contributed by atoms with E-state index >= 15 is 0 Å². The molecule has 302 valence electrons. The number of anilines is 3. The van der Waals surface area contributed by atoms with Crippen LogP contribution < -0.4 is 4.90 Å². The van der Waals surface area contributed by atoms with Crippen LogP contribution in [-0.4, -0.2) is 0 Å². The van der Waals surface area contributed by atoms with Crippen LogP contribution in [0.3, 0.4) is 0 Å². The van der Waals surface area contributed by atoms with E-state index in [2.05, 4.69) is 219 Å². The molecule has 0 radical (unpaired) electrons. The van der Waals surface area contributed by atoms with Gasteiger partial charge in [-0.3, -0.25) is 0 Å². The van der Waals surface area contributed by atoms with Crippen LogP contribution in [0.1, 0.15) is 25.0 Å². The van der Waals surface area contributed by atoms with Gasteiger partial charge in [-0.15, -0.1) is 0 Å². The first-order valence-electron chi connectivity index (χ1n) is 22.1. The van der Waals surface area contributed by atoms with Gasteiger partial charge in [-0.1, -0.05) is 166 Å². The molecule has 0 atom stereocenters. The monoisotopic (exact) mass is 819 g/mol. The molecule has 0 aliphatic heterocycles. The molecule has 0 spiro atoms. The van der Waals surface area contributed by atoms with E-state index in [4.69, 9.17) is 8.83 Å². The van der Waals surface area contributed by atoms with E-state index in [1.165, 1.54) is 49.7 Å². The summed E-state index contributed by atoms with van der Waals surface area (Å²) in [6.45, 7) is 4.69. The Balaban J connectivity index is 0.963. The average Bonchev–Trinajstić information content (AvgIpc) is 3.98. The Morgan fingerprint density at radius 3 is 1.77 bits per heavy atom. The van der Waals surface area contributed by atoms with E-state index in [0.29, 0.717) is 0 Å². The van der Waals surface area contributed by atoms with Gasteiger partial charge in [-0.05, 0) is 110 Å². The summed E-state index contributed by atoms with van der Waals surface area (Å²) < 4.78 is 13.6. The summed E-state index contributed by atoms with van der Waals surface area (Å²) in [4.78, 5) is 2.32. The second-order valence-electron chi connectivity index (χ2n) is 17.6. The normalized spacial score (nSPS) is 13.0. The minimum absolute atomic E-state index is 0.115. The highest BCUT2D eigenvalue weighted by molar-refractivity contribution is 6.19. The van der Waals surface area contributed by atoms with Crippen molar-refractivity contribution in [2.24, 2.45) is 0 Å². The van der Waals surface area contributed by atoms with E-state index < -0.39 is 0 Å². The summed E-state index contributed by atoms with van der Waals surface area (Å²) in [6, 6.07) is 76.4. The summed E-state index contributed by atoms with van der Waals surface area (Å²) in [5, 5.41) is 6.83. The lowest BCUT2D eigenvalue weighted by molar-refractivity contribution is 0.660. The quantitative estimate of drug-likeness (QED) is 0.167. The van der Waals surface area contributed by atoms with Crippen LogP contribution in [0, 0.1) is 0 Å². The standard InChI is InChI=1S/C61H41NO2/c1-61(2)54-21-10-8-17-48(54)49-33-27-42(36-55(49)61)58-46-16-7-6-15-41(46)35-53-51-34-32-45(37-57(51)64-60(53)58)62(43-28-23-39(24-29-43)38-13-4-3-5-14-38)44-30-25-40(26-31-44)47-19-12-20-52-50-18-9-11-22-56(50)63-59(47)52/h3-37H,1-2H3. The molecule has 2 heterocycles. The van der Waals surface area contributed by atoms with Gasteiger partial charge in [0.2, 0.25) is 0 Å². The summed E-state index contributed by atoms with van der Waals surface area (Å²) in [5.74, 6) is 0. The lowest BCUT2D eigenvalue weighted by Gasteiger charge is -2.26. The fraction of sp³-hybridized carbons (Fsp3) is 0.0492. The highest BCUT2D eigenvalue weighted by atomic mass is 16.3. The molecule has 64 heavy (non-hydrogen) atoms. The zero-order valence-corrected chi connectivity index (χ0v) is 35.5. The minimum Gasteiger partial charge on any atom is -0.455 e. The van der Waals surface area contributed by atoms with Crippen molar-refractivity contribution in [3.63, 3.8) is 0 Å². The lowest BCUT2D eigenvalue weighted by atomic mass is 9.81. The second kappa shape index (κ2) is 13.9. The van der Waals surface area contributed by atoms with E-state index in [1.54, 1.807) is 0 Å². The van der Waals surface area contributed by atoms with E-state index in [-0.39, 0.29) is 5.41 Å². The van der Waals surface area contributed by atoms with Crippen LogP contribution in [0.5, 0.6) is 0 Å². The first kappa shape index (κ1) is 36.5. The van der Waals surface area contributed by atoms with Crippen LogP contribution in [-0.2, 0) is 5.41 Å². The third-order valence-electron chi connectivity index (χ3n) is 13.7. The van der Waals surface area contributed by atoms with Gasteiger partial charge in [0.05, 0.1) is 0 Å². The maximum atomic E-state index is 7.12. The molecule has 0 bridgehead atoms. The SMILES string of the molecule is CC1(C)c2ccccc2-c2ccc(-c3c4ccccc4cc4c3oc3cc(N(c5ccc(-c6ccccc6)cc5)c5ccc(-c6cccc7c6oc6ccccc67)cc5)ccc34)cc21. The fourth-order valence-corrected chi connectivity index (χ4v) is 10.5. The highest BCUT2D eigenvalue weighted by Crippen LogP contribution is 2.51. The number of rotatable bonds is 6. The Bertz CT molecular complexity index is 3800. The van der Waals surface area contributed by atoms with Crippen molar-refractivity contribution in [2.45, 2.75) is 19.3 Å². The largest absolute Gasteiger partial charge is 0.455 e. The maximum absolute atomic E-state index is 7.12. The van der Waals surface area contributed by atoms with Crippen molar-refractivity contribution in [2.75, 3.05) is 4.90 Å². The van der Waals surface area contributed by atoms with Gasteiger partial charge in [-0.2, -0.15) is 0 Å². The predicted molar refractivity (Wildman–Crippen MR) is 267 cm³/mol. The summed E-state index contributed by atoms with van der Waals surface area (Å²) in [5.41, 5.74) is 18.7. The van der Waals surface area contributed by atoms with Crippen molar-refractivity contribution in [3.05, 3.63) is 223 Å². The minimum atomic E-state index is -0.115. The number of fused-ring (bicyclic) bond motifs is 10. The number of furan rings is 2. The Kier molecular flexibility index (Phi) is 7.95. The summed E-state index contributed by atoms with van der Waals surface area (Å²) in [7, 11) is 0. The molecule has 12 aromatic rings. The van der Waals surface area contributed by atoms with E-state index in [0.717, 1.165) is 77.6 Å². The molecule has 13 rings (SSSR count). The van der Waals surface area contributed by atoms with E-state index in [1.807, 2.05) is 12.1 Å². The predicted octanol–water partition coefficient (Wildman–Crippen LogP) is 17.4. The molecule has 0 N–H and O–H groups in total. The van der Waals surface area contributed by atoms with Gasteiger partial charge in [0.1, 0.15) is 22.3 Å². The molecule has 1 aliphatic carbocycles. The van der Waals surface area contributed by atoms with Crippen LogP contribution in [0.2, 0.25) is 0 Å². The molecule has 0 amide bonds. The molecule has 10 aromatic carbocycles.